The Morgan fingerprint density at radius 1 is 1.14 bits per heavy atom. The van der Waals surface area contributed by atoms with Gasteiger partial charge in [-0.2, -0.15) is 0 Å². The maximum Gasteiger partial charge on any atom is 0.269 e. The summed E-state index contributed by atoms with van der Waals surface area (Å²) >= 11 is 0. The number of rotatable bonds is 7. The van der Waals surface area contributed by atoms with Gasteiger partial charge in [0.05, 0.1) is 23.6 Å². The van der Waals surface area contributed by atoms with Crippen LogP contribution in [-0.4, -0.2) is 63.4 Å². The molecule has 1 fully saturated rings. The average molecular weight is 477 g/mol. The van der Waals surface area contributed by atoms with Gasteiger partial charge >= 0.3 is 0 Å². The van der Waals surface area contributed by atoms with Crippen LogP contribution in [0.3, 0.4) is 0 Å². The summed E-state index contributed by atoms with van der Waals surface area (Å²) in [5, 5.41) is 12.2. The smallest absolute Gasteiger partial charge is 0.269 e. The number of nitro groups is 1. The van der Waals surface area contributed by atoms with Gasteiger partial charge in [-0.15, -0.1) is 0 Å². The van der Waals surface area contributed by atoms with Crippen LogP contribution in [0, 0.1) is 10.1 Å². The molecule has 182 valence electrons. The summed E-state index contributed by atoms with van der Waals surface area (Å²) in [5.41, 5.74) is 3.52. The Morgan fingerprint density at radius 3 is 2.60 bits per heavy atom. The van der Waals surface area contributed by atoms with E-state index in [0.29, 0.717) is 26.0 Å². The second kappa shape index (κ2) is 9.14. The van der Waals surface area contributed by atoms with Gasteiger partial charge in [0, 0.05) is 48.3 Å². The van der Waals surface area contributed by atoms with Gasteiger partial charge in [-0.1, -0.05) is 18.2 Å². The largest absolute Gasteiger partial charge is 0.379 e. The SMILES string of the molecule is CC(C)OCCCN1CC(=O)N2C(c3ccc([N+](=O)[O-])cc3)c3[nH]c4ccccc4c3C[C@H]2C1=O. The third-order valence-electron chi connectivity index (χ3n) is 6.79. The highest BCUT2D eigenvalue weighted by Gasteiger charge is 2.48. The number of carbonyl (C=O) groups is 2. The molecule has 0 radical (unpaired) electrons. The lowest BCUT2D eigenvalue weighted by atomic mass is 9.86. The second-order valence-electron chi connectivity index (χ2n) is 9.37. The number of piperazine rings is 1. The summed E-state index contributed by atoms with van der Waals surface area (Å²) in [7, 11) is 0. The molecule has 2 aliphatic heterocycles. The van der Waals surface area contributed by atoms with E-state index in [0.717, 1.165) is 27.7 Å². The molecule has 2 aromatic carbocycles. The van der Waals surface area contributed by atoms with E-state index in [1.54, 1.807) is 21.9 Å². The van der Waals surface area contributed by atoms with Gasteiger partial charge in [0.1, 0.15) is 6.04 Å². The number of nitrogens with one attached hydrogen (secondary N) is 1. The van der Waals surface area contributed by atoms with Gasteiger partial charge in [0.15, 0.2) is 0 Å². The number of aromatic amines is 1. The van der Waals surface area contributed by atoms with Crippen LogP contribution in [0.15, 0.2) is 48.5 Å². The number of hydrogen-bond acceptors (Lipinski definition) is 5. The summed E-state index contributed by atoms with van der Waals surface area (Å²) in [5.74, 6) is -0.205. The highest BCUT2D eigenvalue weighted by Crippen LogP contribution is 2.42. The van der Waals surface area contributed by atoms with Crippen molar-refractivity contribution in [3.63, 3.8) is 0 Å². The van der Waals surface area contributed by atoms with Crippen molar-refractivity contribution in [3.8, 4) is 0 Å². The van der Waals surface area contributed by atoms with E-state index < -0.39 is 17.0 Å². The fraction of sp³-hybridized carbons (Fsp3) is 0.385. The third kappa shape index (κ3) is 4.16. The number of hydrogen-bond donors (Lipinski definition) is 1. The molecule has 1 N–H and O–H groups in total. The first-order chi connectivity index (χ1) is 16.8. The quantitative estimate of drug-likeness (QED) is 0.319. The summed E-state index contributed by atoms with van der Waals surface area (Å²) < 4.78 is 5.60. The third-order valence-corrected chi connectivity index (χ3v) is 6.79. The fourth-order valence-electron chi connectivity index (χ4n) is 5.21. The molecular formula is C26H28N4O5. The average Bonchev–Trinajstić information content (AvgIpc) is 3.21. The van der Waals surface area contributed by atoms with E-state index in [1.165, 1.54) is 12.1 Å². The van der Waals surface area contributed by atoms with Crippen LogP contribution in [-0.2, 0) is 20.7 Å². The number of fused-ring (bicyclic) bond motifs is 4. The number of benzene rings is 2. The molecular weight excluding hydrogens is 448 g/mol. The number of para-hydroxylation sites is 1. The molecule has 0 spiro atoms. The van der Waals surface area contributed by atoms with Crippen molar-refractivity contribution in [2.75, 3.05) is 19.7 Å². The van der Waals surface area contributed by atoms with Crippen LogP contribution in [0.2, 0.25) is 0 Å². The summed E-state index contributed by atoms with van der Waals surface area (Å²) in [6, 6.07) is 13.0. The number of nitro benzene ring substituents is 1. The number of nitrogens with zero attached hydrogens (tertiary/aromatic N) is 3. The molecule has 0 aliphatic carbocycles. The monoisotopic (exact) mass is 476 g/mol. The number of carbonyl (C=O) groups excluding carboxylic acids is 2. The van der Waals surface area contributed by atoms with Gasteiger partial charge in [0.2, 0.25) is 11.8 Å². The Bertz CT molecular complexity index is 1280. The Morgan fingerprint density at radius 2 is 1.89 bits per heavy atom. The standard InChI is InChI=1S/C26H28N4O5/c1-16(2)35-13-5-12-28-15-23(31)29-22(26(28)32)14-20-19-6-3-4-7-21(19)27-24(20)25(29)17-8-10-18(11-9-17)30(33)34/h3-4,6-11,16,22,25,27H,5,12-15H2,1-2H3/t22-,25?/m0/s1. The Hall–Kier alpha value is -3.72. The molecule has 1 unspecified atom stereocenters. The minimum absolute atomic E-state index is 0.00998. The van der Waals surface area contributed by atoms with Gasteiger partial charge in [-0.25, -0.2) is 0 Å². The van der Waals surface area contributed by atoms with E-state index in [1.807, 2.05) is 38.1 Å². The van der Waals surface area contributed by atoms with Crippen molar-refractivity contribution in [1.29, 1.82) is 0 Å². The highest BCUT2D eigenvalue weighted by atomic mass is 16.6. The molecule has 9 heteroatoms. The first kappa shape index (κ1) is 23.0. The predicted molar refractivity (Wildman–Crippen MR) is 130 cm³/mol. The van der Waals surface area contributed by atoms with Crippen molar-refractivity contribution < 1.29 is 19.2 Å². The van der Waals surface area contributed by atoms with Gasteiger partial charge in [-0.05, 0) is 49.6 Å². The van der Waals surface area contributed by atoms with Gasteiger partial charge in [0.25, 0.3) is 5.69 Å². The minimum Gasteiger partial charge on any atom is -0.379 e. The van der Waals surface area contributed by atoms with Gasteiger partial charge < -0.3 is 19.5 Å². The number of H-pyrrole nitrogens is 1. The Balaban J connectivity index is 1.53. The molecule has 1 aromatic heterocycles. The first-order valence-corrected chi connectivity index (χ1v) is 11.9. The van der Waals surface area contributed by atoms with Crippen LogP contribution >= 0.6 is 0 Å². The van der Waals surface area contributed by atoms with Crippen LogP contribution < -0.4 is 0 Å². The van der Waals surface area contributed by atoms with E-state index in [-0.39, 0.29) is 30.2 Å². The predicted octanol–water partition coefficient (Wildman–Crippen LogP) is 3.58. The van der Waals surface area contributed by atoms with E-state index in [9.17, 15) is 19.7 Å². The molecule has 1 saturated heterocycles. The molecule has 3 aromatic rings. The summed E-state index contributed by atoms with van der Waals surface area (Å²) in [6.07, 6.45) is 1.20. The molecule has 0 bridgehead atoms. The maximum absolute atomic E-state index is 13.6. The molecule has 35 heavy (non-hydrogen) atoms. The molecule has 9 nitrogen and oxygen atoms in total. The van der Waals surface area contributed by atoms with Crippen LogP contribution in [0.4, 0.5) is 5.69 Å². The summed E-state index contributed by atoms with van der Waals surface area (Å²) in [6.45, 7) is 4.93. The molecule has 2 amide bonds. The van der Waals surface area contributed by atoms with Crippen molar-refractivity contribution in [2.24, 2.45) is 0 Å². The molecule has 2 aliphatic rings. The topological polar surface area (TPSA) is 109 Å². The van der Waals surface area contributed by atoms with E-state index in [4.69, 9.17) is 4.74 Å². The molecule has 2 atom stereocenters. The lowest BCUT2D eigenvalue weighted by Gasteiger charge is -2.47. The zero-order chi connectivity index (χ0) is 24.7. The lowest BCUT2D eigenvalue weighted by molar-refractivity contribution is -0.384. The molecule has 0 saturated carbocycles. The van der Waals surface area contributed by atoms with Crippen molar-refractivity contribution in [3.05, 3.63) is 75.5 Å². The number of ether oxygens (including phenoxy) is 1. The van der Waals surface area contributed by atoms with Gasteiger partial charge in [-0.3, -0.25) is 19.7 Å². The molecule has 3 heterocycles. The molecule has 5 rings (SSSR count). The summed E-state index contributed by atoms with van der Waals surface area (Å²) in [4.78, 5) is 44.6. The Kier molecular flexibility index (Phi) is 6.02. The van der Waals surface area contributed by atoms with Crippen LogP contribution in [0.1, 0.15) is 43.1 Å². The first-order valence-electron chi connectivity index (χ1n) is 11.9. The normalized spacial score (nSPS) is 19.9. The van der Waals surface area contributed by atoms with E-state index in [2.05, 4.69) is 4.98 Å². The lowest BCUT2D eigenvalue weighted by Crippen LogP contribution is -2.63. The number of amides is 2. The van der Waals surface area contributed by atoms with Crippen molar-refractivity contribution in [1.82, 2.24) is 14.8 Å². The van der Waals surface area contributed by atoms with Crippen LogP contribution in [0.25, 0.3) is 10.9 Å². The zero-order valence-electron chi connectivity index (χ0n) is 19.8. The van der Waals surface area contributed by atoms with Crippen molar-refractivity contribution in [2.45, 2.75) is 44.9 Å². The minimum atomic E-state index is -0.630. The van der Waals surface area contributed by atoms with Crippen molar-refractivity contribution >= 4 is 28.4 Å². The fourth-order valence-corrected chi connectivity index (χ4v) is 5.21. The number of aromatic nitrogens is 1. The zero-order valence-corrected chi connectivity index (χ0v) is 19.8. The van der Waals surface area contributed by atoms with E-state index >= 15 is 0 Å². The number of non-ortho nitro benzene ring substituents is 1. The highest BCUT2D eigenvalue weighted by molar-refractivity contribution is 5.97. The second-order valence-corrected chi connectivity index (χ2v) is 9.37. The Labute approximate surface area is 202 Å². The van der Waals surface area contributed by atoms with Crippen LogP contribution in [0.5, 0.6) is 0 Å². The maximum atomic E-state index is 13.6.